The van der Waals surface area contributed by atoms with E-state index in [2.05, 4.69) is 26.5 Å². The minimum atomic E-state index is -0.147. The Morgan fingerprint density at radius 1 is 1.55 bits per heavy atom. The Hall–Kier alpha value is -0.180. The van der Waals surface area contributed by atoms with E-state index in [9.17, 15) is 4.79 Å². The van der Waals surface area contributed by atoms with Crippen molar-refractivity contribution in [1.82, 2.24) is 4.90 Å². The normalized spacial score (nSPS) is 24.2. The molecule has 11 heavy (non-hydrogen) atoms. The summed E-state index contributed by atoms with van der Waals surface area (Å²) in [6, 6.07) is 0. The third-order valence-corrected chi connectivity index (χ3v) is 2.13. The predicted molar refractivity (Wildman–Crippen MR) is 48.8 cm³/mol. The van der Waals surface area contributed by atoms with Gasteiger partial charge in [0.05, 0.1) is 5.25 Å². The van der Waals surface area contributed by atoms with Crippen molar-refractivity contribution in [3.8, 4) is 0 Å². The lowest BCUT2D eigenvalue weighted by Gasteiger charge is -2.46. The number of carbonyl (C=O) groups excluding carboxylic acids is 1. The maximum atomic E-state index is 11.3. The summed E-state index contributed by atoms with van der Waals surface area (Å²) in [6.07, 6.45) is 0. The molecule has 0 saturated carbocycles. The van der Waals surface area contributed by atoms with Crippen LogP contribution in [0.3, 0.4) is 0 Å². The SMILES string of the molecule is CC(S)C(=O)N1CC(C)(C)C1. The highest BCUT2D eigenvalue weighted by Gasteiger charge is 2.37. The number of hydrogen-bond acceptors (Lipinski definition) is 2. The Bertz CT molecular complexity index is 169. The average Bonchev–Trinajstić information content (AvgIpc) is 1.80. The van der Waals surface area contributed by atoms with Crippen LogP contribution in [0.25, 0.3) is 0 Å². The number of hydrogen-bond donors (Lipinski definition) is 1. The quantitative estimate of drug-likeness (QED) is 0.590. The van der Waals surface area contributed by atoms with Gasteiger partial charge in [0.1, 0.15) is 0 Å². The zero-order chi connectivity index (χ0) is 8.65. The van der Waals surface area contributed by atoms with E-state index in [0.29, 0.717) is 5.41 Å². The lowest BCUT2D eigenvalue weighted by molar-refractivity contribution is -0.140. The summed E-state index contributed by atoms with van der Waals surface area (Å²) in [5, 5.41) is -0.147. The second kappa shape index (κ2) is 2.70. The molecule has 0 radical (unpaired) electrons. The molecule has 1 aliphatic heterocycles. The highest BCUT2D eigenvalue weighted by molar-refractivity contribution is 7.81. The van der Waals surface area contributed by atoms with E-state index in [1.54, 1.807) is 0 Å². The van der Waals surface area contributed by atoms with Crippen molar-refractivity contribution in [2.75, 3.05) is 13.1 Å². The van der Waals surface area contributed by atoms with Gasteiger partial charge in [-0.1, -0.05) is 13.8 Å². The molecule has 0 bridgehead atoms. The van der Waals surface area contributed by atoms with Gasteiger partial charge < -0.3 is 4.90 Å². The van der Waals surface area contributed by atoms with Crippen LogP contribution < -0.4 is 0 Å². The van der Waals surface area contributed by atoms with E-state index in [0.717, 1.165) is 13.1 Å². The molecule has 0 aliphatic carbocycles. The molecular weight excluding hydrogens is 158 g/mol. The summed E-state index contributed by atoms with van der Waals surface area (Å²) in [5.74, 6) is 0.160. The van der Waals surface area contributed by atoms with Gasteiger partial charge in [0.15, 0.2) is 0 Å². The first-order chi connectivity index (χ1) is 4.92. The second-order valence-corrected chi connectivity index (χ2v) is 4.81. The Morgan fingerprint density at radius 3 is 2.27 bits per heavy atom. The maximum Gasteiger partial charge on any atom is 0.235 e. The molecule has 1 amide bonds. The molecule has 1 aliphatic rings. The molecule has 0 aromatic heterocycles. The van der Waals surface area contributed by atoms with Gasteiger partial charge in [-0.2, -0.15) is 12.6 Å². The van der Waals surface area contributed by atoms with Crippen LogP contribution in [-0.4, -0.2) is 29.1 Å². The van der Waals surface area contributed by atoms with E-state index in [1.807, 2.05) is 11.8 Å². The second-order valence-electron chi connectivity index (χ2n) is 4.03. The summed E-state index contributed by atoms with van der Waals surface area (Å²) >= 11 is 4.09. The van der Waals surface area contributed by atoms with Crippen molar-refractivity contribution in [3.63, 3.8) is 0 Å². The summed E-state index contributed by atoms with van der Waals surface area (Å²) in [6.45, 7) is 7.92. The largest absolute Gasteiger partial charge is 0.341 e. The molecule has 1 rings (SSSR count). The molecule has 2 nitrogen and oxygen atoms in total. The Kier molecular flexibility index (Phi) is 2.19. The van der Waals surface area contributed by atoms with Crippen molar-refractivity contribution in [1.29, 1.82) is 0 Å². The molecule has 1 saturated heterocycles. The minimum absolute atomic E-state index is 0.147. The first-order valence-corrected chi connectivity index (χ1v) is 4.41. The Labute approximate surface area is 73.4 Å². The van der Waals surface area contributed by atoms with Crippen LogP contribution in [0, 0.1) is 5.41 Å². The smallest absolute Gasteiger partial charge is 0.235 e. The fraction of sp³-hybridized carbons (Fsp3) is 0.875. The summed E-state index contributed by atoms with van der Waals surface area (Å²) in [4.78, 5) is 13.1. The molecule has 64 valence electrons. The van der Waals surface area contributed by atoms with E-state index in [1.165, 1.54) is 0 Å². The van der Waals surface area contributed by atoms with Crippen molar-refractivity contribution >= 4 is 18.5 Å². The summed E-state index contributed by atoms with van der Waals surface area (Å²) in [5.41, 5.74) is 0.332. The zero-order valence-electron chi connectivity index (χ0n) is 7.29. The molecule has 1 heterocycles. The number of carbonyl (C=O) groups is 1. The van der Waals surface area contributed by atoms with Crippen LogP contribution in [0.1, 0.15) is 20.8 Å². The topological polar surface area (TPSA) is 20.3 Å². The molecule has 0 aromatic rings. The van der Waals surface area contributed by atoms with E-state index < -0.39 is 0 Å². The van der Waals surface area contributed by atoms with Gasteiger partial charge in [0.2, 0.25) is 5.91 Å². The van der Waals surface area contributed by atoms with Gasteiger partial charge in [-0.15, -0.1) is 0 Å². The standard InChI is InChI=1S/C8H15NOS/c1-6(11)7(10)9-4-8(2,3)5-9/h6,11H,4-5H2,1-3H3. The van der Waals surface area contributed by atoms with Gasteiger partial charge in [0, 0.05) is 13.1 Å². The lowest BCUT2D eigenvalue weighted by Crippen LogP contribution is -2.57. The van der Waals surface area contributed by atoms with Crippen LogP contribution in [0.5, 0.6) is 0 Å². The number of thiol groups is 1. The van der Waals surface area contributed by atoms with Crippen molar-refractivity contribution < 1.29 is 4.79 Å². The molecule has 0 N–H and O–H groups in total. The average molecular weight is 173 g/mol. The number of amides is 1. The molecule has 0 aromatic carbocycles. The molecule has 0 spiro atoms. The molecule has 1 unspecified atom stereocenters. The number of rotatable bonds is 1. The van der Waals surface area contributed by atoms with Crippen LogP contribution in [0.4, 0.5) is 0 Å². The van der Waals surface area contributed by atoms with E-state index >= 15 is 0 Å². The third-order valence-electron chi connectivity index (χ3n) is 1.91. The van der Waals surface area contributed by atoms with Crippen LogP contribution in [-0.2, 0) is 4.79 Å². The Morgan fingerprint density at radius 2 is 2.00 bits per heavy atom. The third kappa shape index (κ3) is 1.89. The maximum absolute atomic E-state index is 11.3. The number of nitrogens with zero attached hydrogens (tertiary/aromatic N) is 1. The van der Waals surface area contributed by atoms with Crippen molar-refractivity contribution in [3.05, 3.63) is 0 Å². The Balaban J connectivity index is 2.38. The van der Waals surface area contributed by atoms with Gasteiger partial charge >= 0.3 is 0 Å². The van der Waals surface area contributed by atoms with Gasteiger partial charge in [-0.3, -0.25) is 4.79 Å². The zero-order valence-corrected chi connectivity index (χ0v) is 8.19. The van der Waals surface area contributed by atoms with Crippen LogP contribution >= 0.6 is 12.6 Å². The molecule has 1 fully saturated rings. The minimum Gasteiger partial charge on any atom is -0.341 e. The van der Waals surface area contributed by atoms with Gasteiger partial charge in [-0.05, 0) is 12.3 Å². The molecular formula is C8H15NOS. The predicted octanol–water partition coefficient (Wildman–Crippen LogP) is 1.17. The van der Waals surface area contributed by atoms with Crippen LogP contribution in [0.15, 0.2) is 0 Å². The fourth-order valence-electron chi connectivity index (χ4n) is 1.41. The highest BCUT2D eigenvalue weighted by atomic mass is 32.1. The first-order valence-electron chi connectivity index (χ1n) is 3.89. The van der Waals surface area contributed by atoms with E-state index in [-0.39, 0.29) is 11.2 Å². The van der Waals surface area contributed by atoms with Gasteiger partial charge in [0.25, 0.3) is 0 Å². The summed E-state index contributed by atoms with van der Waals surface area (Å²) in [7, 11) is 0. The lowest BCUT2D eigenvalue weighted by atomic mass is 9.84. The van der Waals surface area contributed by atoms with Crippen molar-refractivity contribution in [2.45, 2.75) is 26.0 Å². The van der Waals surface area contributed by atoms with Crippen molar-refractivity contribution in [2.24, 2.45) is 5.41 Å². The summed E-state index contributed by atoms with van der Waals surface area (Å²) < 4.78 is 0. The number of likely N-dealkylation sites (tertiary alicyclic amines) is 1. The van der Waals surface area contributed by atoms with Gasteiger partial charge in [-0.25, -0.2) is 0 Å². The van der Waals surface area contributed by atoms with E-state index in [4.69, 9.17) is 0 Å². The highest BCUT2D eigenvalue weighted by Crippen LogP contribution is 2.29. The fourth-order valence-corrected chi connectivity index (χ4v) is 1.57. The monoisotopic (exact) mass is 173 g/mol. The molecule has 1 atom stereocenters. The van der Waals surface area contributed by atoms with Crippen LogP contribution in [0.2, 0.25) is 0 Å². The molecule has 3 heteroatoms. The first kappa shape index (κ1) is 8.91.